The van der Waals surface area contributed by atoms with Crippen LogP contribution in [0, 0.1) is 0 Å². The molecule has 1 atom stereocenters. The van der Waals surface area contributed by atoms with Crippen molar-refractivity contribution in [3.63, 3.8) is 0 Å². The predicted molar refractivity (Wildman–Crippen MR) is 82.1 cm³/mol. The maximum atomic E-state index is 12.8. The van der Waals surface area contributed by atoms with E-state index in [4.69, 9.17) is 9.47 Å². The molecule has 2 rings (SSSR count). The van der Waals surface area contributed by atoms with Gasteiger partial charge in [-0.3, -0.25) is 4.79 Å². The summed E-state index contributed by atoms with van der Waals surface area (Å²) in [5.74, 6) is 1.32. The summed E-state index contributed by atoms with van der Waals surface area (Å²) in [5, 5.41) is 3.32. The minimum absolute atomic E-state index is 0.0442. The first-order valence-corrected chi connectivity index (χ1v) is 7.44. The van der Waals surface area contributed by atoms with Crippen LogP contribution in [-0.2, 0) is 0 Å². The van der Waals surface area contributed by atoms with Crippen LogP contribution in [0.1, 0.15) is 30.1 Å². The normalized spacial score (nSPS) is 17.6. The second-order valence-electron chi connectivity index (χ2n) is 5.25. The fraction of sp³-hybridized carbons (Fsp3) is 0.562. The summed E-state index contributed by atoms with van der Waals surface area (Å²) in [4.78, 5) is 14.8. The first-order chi connectivity index (χ1) is 10.2. The number of ether oxygens (including phenoxy) is 2. The zero-order chi connectivity index (χ0) is 15.2. The van der Waals surface area contributed by atoms with Crippen LogP contribution in [0.5, 0.6) is 11.5 Å². The summed E-state index contributed by atoms with van der Waals surface area (Å²) in [7, 11) is 3.18. The van der Waals surface area contributed by atoms with Gasteiger partial charge in [-0.25, -0.2) is 0 Å². The second-order valence-corrected chi connectivity index (χ2v) is 5.25. The SMILES string of the molecule is CCCN(C(=O)c1cc(OC)cc(OC)c1)C1CCNC1. The highest BCUT2D eigenvalue weighted by molar-refractivity contribution is 5.95. The lowest BCUT2D eigenvalue weighted by atomic mass is 10.1. The number of nitrogens with zero attached hydrogens (tertiary/aromatic N) is 1. The van der Waals surface area contributed by atoms with Gasteiger partial charge in [0.2, 0.25) is 0 Å². The number of amides is 1. The Morgan fingerprint density at radius 2 is 1.95 bits per heavy atom. The Labute approximate surface area is 126 Å². The highest BCUT2D eigenvalue weighted by Crippen LogP contribution is 2.24. The molecule has 1 aromatic carbocycles. The van der Waals surface area contributed by atoms with E-state index in [1.807, 2.05) is 4.90 Å². The Morgan fingerprint density at radius 1 is 1.29 bits per heavy atom. The number of nitrogens with one attached hydrogen (secondary N) is 1. The van der Waals surface area contributed by atoms with Gasteiger partial charge in [0.25, 0.3) is 5.91 Å². The number of benzene rings is 1. The Kier molecular flexibility index (Phi) is 5.44. The van der Waals surface area contributed by atoms with E-state index in [-0.39, 0.29) is 11.9 Å². The Hall–Kier alpha value is -1.75. The molecular formula is C16H24N2O3. The second kappa shape index (κ2) is 7.31. The van der Waals surface area contributed by atoms with Crippen LogP contribution >= 0.6 is 0 Å². The van der Waals surface area contributed by atoms with E-state index in [0.717, 1.165) is 32.5 Å². The Morgan fingerprint density at radius 3 is 2.43 bits per heavy atom. The molecule has 1 aliphatic heterocycles. The minimum atomic E-state index is 0.0442. The maximum Gasteiger partial charge on any atom is 0.254 e. The van der Waals surface area contributed by atoms with Crippen LogP contribution in [0.4, 0.5) is 0 Å². The van der Waals surface area contributed by atoms with Crippen LogP contribution in [0.25, 0.3) is 0 Å². The van der Waals surface area contributed by atoms with Crippen molar-refractivity contribution in [1.29, 1.82) is 0 Å². The van der Waals surface area contributed by atoms with Gasteiger partial charge in [-0.1, -0.05) is 6.92 Å². The van der Waals surface area contributed by atoms with Gasteiger partial charge in [-0.15, -0.1) is 0 Å². The van der Waals surface area contributed by atoms with Gasteiger partial charge in [-0.2, -0.15) is 0 Å². The zero-order valence-corrected chi connectivity index (χ0v) is 13.0. The third kappa shape index (κ3) is 3.67. The van der Waals surface area contributed by atoms with E-state index in [0.29, 0.717) is 17.1 Å². The highest BCUT2D eigenvalue weighted by Gasteiger charge is 2.27. The molecule has 1 amide bonds. The van der Waals surface area contributed by atoms with Gasteiger partial charge in [0.15, 0.2) is 0 Å². The molecular weight excluding hydrogens is 268 g/mol. The van der Waals surface area contributed by atoms with Gasteiger partial charge in [0.1, 0.15) is 11.5 Å². The van der Waals surface area contributed by atoms with Crippen LogP contribution in [0.3, 0.4) is 0 Å². The lowest BCUT2D eigenvalue weighted by Gasteiger charge is -2.28. The summed E-state index contributed by atoms with van der Waals surface area (Å²) in [5.41, 5.74) is 0.617. The molecule has 0 spiro atoms. The van der Waals surface area contributed by atoms with E-state index >= 15 is 0 Å². The first kappa shape index (κ1) is 15.6. The molecule has 1 aliphatic rings. The first-order valence-electron chi connectivity index (χ1n) is 7.44. The predicted octanol–water partition coefficient (Wildman–Crippen LogP) is 1.92. The summed E-state index contributed by atoms with van der Waals surface area (Å²) in [6.45, 7) is 4.70. The van der Waals surface area contributed by atoms with E-state index in [9.17, 15) is 4.79 Å². The van der Waals surface area contributed by atoms with Crippen molar-refractivity contribution in [2.45, 2.75) is 25.8 Å². The molecule has 0 bridgehead atoms. The molecule has 1 saturated heterocycles. The summed E-state index contributed by atoms with van der Waals surface area (Å²) < 4.78 is 10.5. The van der Waals surface area contributed by atoms with Gasteiger partial charge in [0.05, 0.1) is 14.2 Å². The Bertz CT molecular complexity index is 462. The summed E-state index contributed by atoms with van der Waals surface area (Å²) in [6.07, 6.45) is 1.95. The van der Waals surface area contributed by atoms with Crippen molar-refractivity contribution in [2.24, 2.45) is 0 Å². The summed E-state index contributed by atoms with van der Waals surface area (Å²) >= 11 is 0. The van der Waals surface area contributed by atoms with Crippen LogP contribution < -0.4 is 14.8 Å². The van der Waals surface area contributed by atoms with Gasteiger partial charge in [-0.05, 0) is 31.5 Å². The van der Waals surface area contributed by atoms with Crippen molar-refractivity contribution >= 4 is 5.91 Å². The molecule has 1 fully saturated rings. The van der Waals surface area contributed by atoms with E-state index in [1.54, 1.807) is 32.4 Å². The third-order valence-corrected chi connectivity index (χ3v) is 3.80. The molecule has 116 valence electrons. The number of carbonyl (C=O) groups is 1. The smallest absolute Gasteiger partial charge is 0.254 e. The average Bonchev–Trinajstić information content (AvgIpc) is 3.05. The lowest BCUT2D eigenvalue weighted by Crippen LogP contribution is -2.42. The van der Waals surface area contributed by atoms with E-state index in [2.05, 4.69) is 12.2 Å². The Balaban J connectivity index is 2.26. The molecule has 1 N–H and O–H groups in total. The highest BCUT2D eigenvalue weighted by atomic mass is 16.5. The monoisotopic (exact) mass is 292 g/mol. The van der Waals surface area contributed by atoms with Crippen LogP contribution in [0.2, 0.25) is 0 Å². The van der Waals surface area contributed by atoms with Crippen molar-refractivity contribution in [3.05, 3.63) is 23.8 Å². The van der Waals surface area contributed by atoms with E-state index < -0.39 is 0 Å². The van der Waals surface area contributed by atoms with Crippen molar-refractivity contribution in [1.82, 2.24) is 10.2 Å². The maximum absolute atomic E-state index is 12.8. The van der Waals surface area contributed by atoms with Crippen LogP contribution in [-0.4, -0.2) is 50.7 Å². The molecule has 0 aliphatic carbocycles. The standard InChI is InChI=1S/C16H24N2O3/c1-4-7-18(13-5-6-17-11-13)16(19)12-8-14(20-2)10-15(9-12)21-3/h8-10,13,17H,4-7,11H2,1-3H3. The van der Waals surface area contributed by atoms with Crippen molar-refractivity contribution in [3.8, 4) is 11.5 Å². The van der Waals surface area contributed by atoms with Gasteiger partial charge < -0.3 is 19.7 Å². The number of carbonyl (C=O) groups excluding carboxylic acids is 1. The largest absolute Gasteiger partial charge is 0.497 e. The molecule has 0 radical (unpaired) electrons. The molecule has 21 heavy (non-hydrogen) atoms. The van der Waals surface area contributed by atoms with Gasteiger partial charge >= 0.3 is 0 Å². The molecule has 0 saturated carbocycles. The van der Waals surface area contributed by atoms with Gasteiger partial charge in [0, 0.05) is 30.8 Å². The van der Waals surface area contributed by atoms with Crippen molar-refractivity contribution in [2.75, 3.05) is 33.9 Å². The number of methoxy groups -OCH3 is 2. The lowest BCUT2D eigenvalue weighted by molar-refractivity contribution is 0.0691. The fourth-order valence-corrected chi connectivity index (χ4v) is 2.69. The topological polar surface area (TPSA) is 50.8 Å². The summed E-state index contributed by atoms with van der Waals surface area (Å²) in [6, 6.07) is 5.60. The zero-order valence-electron chi connectivity index (χ0n) is 13.0. The minimum Gasteiger partial charge on any atom is -0.497 e. The van der Waals surface area contributed by atoms with E-state index in [1.165, 1.54) is 0 Å². The molecule has 5 heteroatoms. The van der Waals surface area contributed by atoms with Crippen LogP contribution in [0.15, 0.2) is 18.2 Å². The molecule has 5 nitrogen and oxygen atoms in total. The molecule has 1 heterocycles. The third-order valence-electron chi connectivity index (χ3n) is 3.80. The number of hydrogen-bond donors (Lipinski definition) is 1. The fourth-order valence-electron chi connectivity index (χ4n) is 2.69. The van der Waals surface area contributed by atoms with Crippen molar-refractivity contribution < 1.29 is 14.3 Å². The number of rotatable bonds is 6. The number of hydrogen-bond acceptors (Lipinski definition) is 4. The molecule has 1 unspecified atom stereocenters. The molecule has 1 aromatic rings. The quantitative estimate of drug-likeness (QED) is 0.870. The average molecular weight is 292 g/mol. The molecule has 0 aromatic heterocycles.